The largest absolute Gasteiger partial charge is 0.497 e. The summed E-state index contributed by atoms with van der Waals surface area (Å²) in [6, 6.07) is 9.59. The summed E-state index contributed by atoms with van der Waals surface area (Å²) < 4.78 is 6.74. The van der Waals surface area contributed by atoms with E-state index in [1.54, 1.807) is 18.6 Å². The number of amides is 1. The summed E-state index contributed by atoms with van der Waals surface area (Å²) in [4.78, 5) is 24.9. The Morgan fingerprint density at radius 1 is 1.21 bits per heavy atom. The highest BCUT2D eigenvalue weighted by Crippen LogP contribution is 2.11. The Morgan fingerprint density at radius 2 is 1.88 bits per heavy atom. The molecule has 2 aromatic rings. The Balaban J connectivity index is 2.06. The maximum atomic E-state index is 12.5. The molecule has 2 rings (SSSR count). The molecule has 0 aliphatic rings. The number of aromatic nitrogens is 1. The number of aryl methyl sites for hydroxylation is 2. The third-order valence-corrected chi connectivity index (χ3v) is 4.11. The van der Waals surface area contributed by atoms with Crippen LogP contribution < -0.4 is 15.6 Å². The van der Waals surface area contributed by atoms with Crippen molar-refractivity contribution in [3.8, 4) is 5.75 Å². The zero-order chi connectivity index (χ0) is 17.7. The van der Waals surface area contributed by atoms with Crippen molar-refractivity contribution in [1.82, 2.24) is 9.88 Å². The predicted octanol–water partition coefficient (Wildman–Crippen LogP) is 2.47. The molecule has 24 heavy (non-hydrogen) atoms. The monoisotopic (exact) mass is 328 g/mol. The average molecular weight is 328 g/mol. The maximum Gasteiger partial charge on any atom is 0.263 e. The van der Waals surface area contributed by atoms with Crippen LogP contribution in [0.1, 0.15) is 34.1 Å². The molecule has 1 N–H and O–H groups in total. The standard InChI is InChI=1S/C19H24N2O3/c1-5-21-14(3)12-13(2)17(19(21)23)18(22)20-11-10-15-6-8-16(24-4)9-7-15/h6-9,12H,5,10-11H2,1-4H3,(H,20,22). The number of rotatable bonds is 6. The van der Waals surface area contributed by atoms with Crippen molar-refractivity contribution in [2.45, 2.75) is 33.7 Å². The number of hydrogen-bond donors (Lipinski definition) is 1. The number of carbonyl (C=O) groups excluding carboxylic acids is 1. The van der Waals surface area contributed by atoms with E-state index < -0.39 is 0 Å². The second-order valence-electron chi connectivity index (χ2n) is 5.75. The zero-order valence-electron chi connectivity index (χ0n) is 14.7. The number of nitrogens with one attached hydrogen (secondary N) is 1. The second kappa shape index (κ2) is 7.81. The van der Waals surface area contributed by atoms with Gasteiger partial charge >= 0.3 is 0 Å². The van der Waals surface area contributed by atoms with Crippen molar-refractivity contribution >= 4 is 5.91 Å². The van der Waals surface area contributed by atoms with E-state index in [-0.39, 0.29) is 17.0 Å². The van der Waals surface area contributed by atoms with E-state index in [2.05, 4.69) is 5.32 Å². The lowest BCUT2D eigenvalue weighted by atomic mass is 10.1. The molecule has 0 unspecified atom stereocenters. The van der Waals surface area contributed by atoms with Gasteiger partial charge in [0.1, 0.15) is 11.3 Å². The summed E-state index contributed by atoms with van der Waals surface area (Å²) in [5, 5.41) is 2.84. The van der Waals surface area contributed by atoms with Crippen LogP contribution in [0.2, 0.25) is 0 Å². The molecule has 1 aromatic heterocycles. The van der Waals surface area contributed by atoms with Gasteiger partial charge in [0.05, 0.1) is 7.11 Å². The third kappa shape index (κ3) is 3.85. The van der Waals surface area contributed by atoms with Gasteiger partial charge in [0.2, 0.25) is 0 Å². The average Bonchev–Trinajstić information content (AvgIpc) is 2.55. The topological polar surface area (TPSA) is 60.3 Å². The van der Waals surface area contributed by atoms with Crippen LogP contribution in [0.5, 0.6) is 5.75 Å². The molecule has 5 heteroatoms. The number of nitrogens with zero attached hydrogens (tertiary/aromatic N) is 1. The van der Waals surface area contributed by atoms with Crippen molar-refractivity contribution in [3.63, 3.8) is 0 Å². The molecule has 0 aliphatic heterocycles. The summed E-state index contributed by atoms with van der Waals surface area (Å²) in [6.45, 7) is 6.60. The molecule has 0 atom stereocenters. The molecule has 1 heterocycles. The summed E-state index contributed by atoms with van der Waals surface area (Å²) in [5.74, 6) is 0.492. The normalized spacial score (nSPS) is 10.5. The van der Waals surface area contributed by atoms with E-state index in [1.165, 1.54) is 0 Å². The minimum Gasteiger partial charge on any atom is -0.497 e. The SMILES string of the molecule is CCn1c(C)cc(C)c(C(=O)NCCc2ccc(OC)cc2)c1=O. The van der Waals surface area contributed by atoms with Crippen LogP contribution in [-0.4, -0.2) is 24.1 Å². The van der Waals surface area contributed by atoms with Crippen LogP contribution in [0.3, 0.4) is 0 Å². The molecule has 1 aromatic carbocycles. The van der Waals surface area contributed by atoms with Gasteiger partial charge in [-0.1, -0.05) is 12.1 Å². The number of ether oxygens (including phenoxy) is 1. The van der Waals surface area contributed by atoms with E-state index in [0.29, 0.717) is 25.1 Å². The van der Waals surface area contributed by atoms with Gasteiger partial charge < -0.3 is 14.6 Å². The van der Waals surface area contributed by atoms with E-state index in [4.69, 9.17) is 4.74 Å². The van der Waals surface area contributed by atoms with E-state index >= 15 is 0 Å². The van der Waals surface area contributed by atoms with Crippen LogP contribution in [0.15, 0.2) is 35.1 Å². The lowest BCUT2D eigenvalue weighted by Crippen LogP contribution is -2.35. The molecule has 0 fully saturated rings. The van der Waals surface area contributed by atoms with Gasteiger partial charge in [-0.3, -0.25) is 9.59 Å². The van der Waals surface area contributed by atoms with Crippen LogP contribution >= 0.6 is 0 Å². The fourth-order valence-corrected chi connectivity index (χ4v) is 2.80. The Labute approximate surface area is 142 Å². The number of methoxy groups -OCH3 is 1. The Kier molecular flexibility index (Phi) is 5.79. The molecule has 0 radical (unpaired) electrons. The Bertz CT molecular complexity index is 776. The summed E-state index contributed by atoms with van der Waals surface area (Å²) in [7, 11) is 1.63. The van der Waals surface area contributed by atoms with Gasteiger partial charge in [0.25, 0.3) is 11.5 Å². The van der Waals surface area contributed by atoms with Gasteiger partial charge in [0.15, 0.2) is 0 Å². The molecular formula is C19H24N2O3. The van der Waals surface area contributed by atoms with Crippen molar-refractivity contribution in [2.24, 2.45) is 0 Å². The lowest BCUT2D eigenvalue weighted by Gasteiger charge is -2.13. The molecule has 0 saturated carbocycles. The number of benzene rings is 1. The van der Waals surface area contributed by atoms with Gasteiger partial charge in [-0.05, 0) is 56.5 Å². The van der Waals surface area contributed by atoms with Crippen LogP contribution in [0.25, 0.3) is 0 Å². The summed E-state index contributed by atoms with van der Waals surface area (Å²) in [5.41, 5.74) is 2.69. The molecule has 5 nitrogen and oxygen atoms in total. The lowest BCUT2D eigenvalue weighted by molar-refractivity contribution is 0.0951. The van der Waals surface area contributed by atoms with E-state index in [1.807, 2.05) is 44.2 Å². The van der Waals surface area contributed by atoms with Crippen molar-refractivity contribution in [3.05, 3.63) is 63.1 Å². The smallest absolute Gasteiger partial charge is 0.263 e. The molecular weight excluding hydrogens is 304 g/mol. The first-order valence-corrected chi connectivity index (χ1v) is 8.10. The highest BCUT2D eigenvalue weighted by molar-refractivity contribution is 5.95. The van der Waals surface area contributed by atoms with Gasteiger partial charge in [-0.2, -0.15) is 0 Å². The molecule has 0 bridgehead atoms. The molecule has 0 spiro atoms. The van der Waals surface area contributed by atoms with E-state index in [0.717, 1.165) is 17.0 Å². The van der Waals surface area contributed by atoms with Crippen LogP contribution in [0, 0.1) is 13.8 Å². The zero-order valence-corrected chi connectivity index (χ0v) is 14.7. The first-order valence-electron chi connectivity index (χ1n) is 8.10. The van der Waals surface area contributed by atoms with Crippen LogP contribution in [0.4, 0.5) is 0 Å². The van der Waals surface area contributed by atoms with E-state index in [9.17, 15) is 9.59 Å². The fraction of sp³-hybridized carbons (Fsp3) is 0.368. The van der Waals surface area contributed by atoms with Crippen molar-refractivity contribution in [2.75, 3.05) is 13.7 Å². The molecule has 128 valence electrons. The quantitative estimate of drug-likeness (QED) is 0.886. The van der Waals surface area contributed by atoms with Crippen molar-refractivity contribution in [1.29, 1.82) is 0 Å². The van der Waals surface area contributed by atoms with Crippen molar-refractivity contribution < 1.29 is 9.53 Å². The van der Waals surface area contributed by atoms with Gasteiger partial charge in [-0.15, -0.1) is 0 Å². The van der Waals surface area contributed by atoms with Crippen LogP contribution in [-0.2, 0) is 13.0 Å². The highest BCUT2D eigenvalue weighted by atomic mass is 16.5. The summed E-state index contributed by atoms with van der Waals surface area (Å²) in [6.07, 6.45) is 0.697. The minimum absolute atomic E-state index is 0.225. The number of pyridine rings is 1. The predicted molar refractivity (Wildman–Crippen MR) is 94.9 cm³/mol. The van der Waals surface area contributed by atoms with Gasteiger partial charge in [0, 0.05) is 18.8 Å². The highest BCUT2D eigenvalue weighted by Gasteiger charge is 2.16. The number of hydrogen-bond acceptors (Lipinski definition) is 3. The summed E-state index contributed by atoms with van der Waals surface area (Å²) >= 11 is 0. The minimum atomic E-state index is -0.312. The second-order valence-corrected chi connectivity index (χ2v) is 5.75. The molecule has 0 saturated heterocycles. The Hall–Kier alpha value is -2.56. The molecule has 1 amide bonds. The maximum absolute atomic E-state index is 12.5. The number of carbonyl (C=O) groups is 1. The first-order chi connectivity index (χ1) is 11.5. The van der Waals surface area contributed by atoms with Gasteiger partial charge in [-0.25, -0.2) is 0 Å². The third-order valence-electron chi connectivity index (χ3n) is 4.11. The Morgan fingerprint density at radius 3 is 2.46 bits per heavy atom. The molecule has 0 aliphatic carbocycles. The fourth-order valence-electron chi connectivity index (χ4n) is 2.80. The first kappa shape index (κ1) is 17.8.